The third kappa shape index (κ3) is 3.27. The van der Waals surface area contributed by atoms with Gasteiger partial charge in [-0.2, -0.15) is 0 Å². The van der Waals surface area contributed by atoms with Crippen molar-refractivity contribution in [3.05, 3.63) is 65.7 Å². The van der Waals surface area contributed by atoms with Gasteiger partial charge in [-0.1, -0.05) is 48.5 Å². The van der Waals surface area contributed by atoms with Gasteiger partial charge in [-0.05, 0) is 36.5 Å². The zero-order chi connectivity index (χ0) is 14.5. The van der Waals surface area contributed by atoms with Crippen molar-refractivity contribution >= 4 is 5.69 Å². The maximum Gasteiger partial charge on any atom is 0.0398 e. The Morgan fingerprint density at radius 2 is 1.71 bits per heavy atom. The number of hydrogen-bond acceptors (Lipinski definition) is 2. The summed E-state index contributed by atoms with van der Waals surface area (Å²) in [5.74, 6) is 0.400. The molecule has 2 aromatic carbocycles. The van der Waals surface area contributed by atoms with Gasteiger partial charge in [-0.25, -0.2) is 0 Å². The summed E-state index contributed by atoms with van der Waals surface area (Å²) in [5.41, 5.74) is 10.3. The van der Waals surface area contributed by atoms with E-state index in [9.17, 15) is 0 Å². The molecule has 0 saturated carbocycles. The van der Waals surface area contributed by atoms with Gasteiger partial charge >= 0.3 is 0 Å². The second-order valence-corrected chi connectivity index (χ2v) is 5.88. The number of anilines is 1. The van der Waals surface area contributed by atoms with Gasteiger partial charge in [0.1, 0.15) is 0 Å². The minimum absolute atomic E-state index is 0.400. The maximum atomic E-state index is 6.05. The van der Waals surface area contributed by atoms with Crippen molar-refractivity contribution in [2.45, 2.75) is 25.2 Å². The van der Waals surface area contributed by atoms with Crippen LogP contribution in [0.5, 0.6) is 0 Å². The lowest BCUT2D eigenvalue weighted by Crippen LogP contribution is -2.32. The van der Waals surface area contributed by atoms with Crippen LogP contribution in [0.3, 0.4) is 0 Å². The second-order valence-electron chi connectivity index (χ2n) is 5.88. The van der Waals surface area contributed by atoms with E-state index in [0.29, 0.717) is 12.5 Å². The summed E-state index contributed by atoms with van der Waals surface area (Å²) in [4.78, 5) is 2.53. The zero-order valence-corrected chi connectivity index (χ0v) is 12.5. The Hall–Kier alpha value is -1.80. The Labute approximate surface area is 127 Å². The molecule has 2 N–H and O–H groups in total. The van der Waals surface area contributed by atoms with E-state index in [1.807, 2.05) is 0 Å². The van der Waals surface area contributed by atoms with Gasteiger partial charge in [0.05, 0.1) is 0 Å². The van der Waals surface area contributed by atoms with Crippen LogP contribution < -0.4 is 10.6 Å². The van der Waals surface area contributed by atoms with E-state index in [2.05, 4.69) is 59.5 Å². The first-order chi connectivity index (χ1) is 10.4. The van der Waals surface area contributed by atoms with Crippen LogP contribution >= 0.6 is 0 Å². The predicted molar refractivity (Wildman–Crippen MR) is 89.8 cm³/mol. The lowest BCUT2D eigenvalue weighted by molar-refractivity contribution is 0.634. The average molecular weight is 280 g/mol. The quantitative estimate of drug-likeness (QED) is 0.927. The third-order valence-electron chi connectivity index (χ3n) is 4.45. The van der Waals surface area contributed by atoms with E-state index >= 15 is 0 Å². The molecule has 0 bridgehead atoms. The van der Waals surface area contributed by atoms with Crippen molar-refractivity contribution < 1.29 is 0 Å². The van der Waals surface area contributed by atoms with Crippen LogP contribution in [0.15, 0.2) is 54.6 Å². The number of nitrogens with two attached hydrogens (primary N) is 1. The smallest absolute Gasteiger partial charge is 0.0398 e. The number of benzene rings is 2. The van der Waals surface area contributed by atoms with Crippen LogP contribution in [0.2, 0.25) is 0 Å². The topological polar surface area (TPSA) is 29.3 Å². The van der Waals surface area contributed by atoms with Crippen molar-refractivity contribution in [1.82, 2.24) is 0 Å². The molecule has 0 aliphatic carbocycles. The SMILES string of the molecule is NCC(CN1CCCCc2ccccc21)c1ccccc1. The largest absolute Gasteiger partial charge is 0.371 e. The van der Waals surface area contributed by atoms with Gasteiger partial charge in [-0.3, -0.25) is 0 Å². The molecule has 0 amide bonds. The highest BCUT2D eigenvalue weighted by Crippen LogP contribution is 2.28. The standard InChI is InChI=1S/C19H24N2/c20-14-18(16-8-2-1-3-9-16)15-21-13-7-6-11-17-10-4-5-12-19(17)21/h1-5,8-10,12,18H,6-7,11,13-15,20H2. The molecule has 1 heterocycles. The predicted octanol–water partition coefficient (Wildman–Crippen LogP) is 3.57. The van der Waals surface area contributed by atoms with E-state index in [-0.39, 0.29) is 0 Å². The Kier molecular flexibility index (Phi) is 4.56. The molecule has 2 heteroatoms. The van der Waals surface area contributed by atoms with Gasteiger partial charge in [0, 0.05) is 31.2 Å². The zero-order valence-electron chi connectivity index (χ0n) is 12.5. The summed E-state index contributed by atoms with van der Waals surface area (Å²) in [6.45, 7) is 2.85. The Morgan fingerprint density at radius 3 is 2.52 bits per heavy atom. The van der Waals surface area contributed by atoms with E-state index in [1.54, 1.807) is 0 Å². The van der Waals surface area contributed by atoms with Gasteiger partial charge in [0.2, 0.25) is 0 Å². The monoisotopic (exact) mass is 280 g/mol. The first-order valence-corrected chi connectivity index (χ1v) is 7.96. The fourth-order valence-electron chi connectivity index (χ4n) is 3.27. The number of fused-ring (bicyclic) bond motifs is 1. The molecule has 21 heavy (non-hydrogen) atoms. The normalized spacial score (nSPS) is 16.1. The number of rotatable bonds is 4. The maximum absolute atomic E-state index is 6.05. The number of aryl methyl sites for hydroxylation is 1. The van der Waals surface area contributed by atoms with Gasteiger partial charge in [-0.15, -0.1) is 0 Å². The minimum Gasteiger partial charge on any atom is -0.371 e. The summed E-state index contributed by atoms with van der Waals surface area (Å²) < 4.78 is 0. The molecule has 110 valence electrons. The van der Waals surface area contributed by atoms with Crippen LogP contribution in [0.25, 0.3) is 0 Å². The van der Waals surface area contributed by atoms with Crippen molar-refractivity contribution in [3.63, 3.8) is 0 Å². The molecule has 1 unspecified atom stereocenters. The van der Waals surface area contributed by atoms with Gasteiger partial charge in [0.25, 0.3) is 0 Å². The Bertz CT molecular complexity index is 565. The van der Waals surface area contributed by atoms with E-state index < -0.39 is 0 Å². The van der Waals surface area contributed by atoms with E-state index in [0.717, 1.165) is 13.1 Å². The number of nitrogens with zero attached hydrogens (tertiary/aromatic N) is 1. The number of para-hydroxylation sites is 1. The molecule has 1 aliphatic heterocycles. The highest BCUT2D eigenvalue weighted by Gasteiger charge is 2.19. The average Bonchev–Trinajstić information content (AvgIpc) is 2.76. The van der Waals surface area contributed by atoms with Crippen LogP contribution in [0.4, 0.5) is 5.69 Å². The molecule has 0 fully saturated rings. The lowest BCUT2D eigenvalue weighted by Gasteiger charge is -2.29. The summed E-state index contributed by atoms with van der Waals surface area (Å²) in [6.07, 6.45) is 3.75. The van der Waals surface area contributed by atoms with Gasteiger partial charge in [0.15, 0.2) is 0 Å². The first-order valence-electron chi connectivity index (χ1n) is 7.96. The molecule has 2 aromatic rings. The fourth-order valence-corrected chi connectivity index (χ4v) is 3.27. The minimum atomic E-state index is 0.400. The first kappa shape index (κ1) is 14.2. The van der Waals surface area contributed by atoms with E-state index in [4.69, 9.17) is 5.73 Å². The molecule has 2 nitrogen and oxygen atoms in total. The van der Waals surface area contributed by atoms with Crippen molar-refractivity contribution in [1.29, 1.82) is 0 Å². The van der Waals surface area contributed by atoms with Crippen LogP contribution in [0.1, 0.15) is 29.9 Å². The van der Waals surface area contributed by atoms with Crippen LogP contribution in [-0.4, -0.2) is 19.6 Å². The van der Waals surface area contributed by atoms with Crippen molar-refractivity contribution in [2.24, 2.45) is 5.73 Å². The van der Waals surface area contributed by atoms with Crippen molar-refractivity contribution in [2.75, 3.05) is 24.5 Å². The third-order valence-corrected chi connectivity index (χ3v) is 4.45. The summed E-state index contributed by atoms with van der Waals surface area (Å²) in [7, 11) is 0. The molecule has 0 radical (unpaired) electrons. The Morgan fingerprint density at radius 1 is 0.952 bits per heavy atom. The molecular weight excluding hydrogens is 256 g/mol. The highest BCUT2D eigenvalue weighted by atomic mass is 15.1. The molecule has 0 aromatic heterocycles. The lowest BCUT2D eigenvalue weighted by atomic mass is 9.98. The molecular formula is C19H24N2. The van der Waals surface area contributed by atoms with Crippen molar-refractivity contribution in [3.8, 4) is 0 Å². The summed E-state index contributed by atoms with van der Waals surface area (Å²) in [6, 6.07) is 19.5. The fraction of sp³-hybridized carbons (Fsp3) is 0.368. The summed E-state index contributed by atoms with van der Waals surface area (Å²) >= 11 is 0. The summed E-state index contributed by atoms with van der Waals surface area (Å²) in [5, 5.41) is 0. The second kappa shape index (κ2) is 6.77. The molecule has 1 aliphatic rings. The molecule has 1 atom stereocenters. The molecule has 0 spiro atoms. The molecule has 0 saturated heterocycles. The van der Waals surface area contributed by atoms with E-state index in [1.165, 1.54) is 36.1 Å². The van der Waals surface area contributed by atoms with Gasteiger partial charge < -0.3 is 10.6 Å². The van der Waals surface area contributed by atoms with Crippen LogP contribution in [0, 0.1) is 0 Å². The highest BCUT2D eigenvalue weighted by molar-refractivity contribution is 5.54. The molecule has 3 rings (SSSR count). The number of hydrogen-bond donors (Lipinski definition) is 1. The Balaban J connectivity index is 1.83. The van der Waals surface area contributed by atoms with Crippen LogP contribution in [-0.2, 0) is 6.42 Å².